The fraction of sp³-hybridized carbons (Fsp3) is 0.0769. The van der Waals surface area contributed by atoms with Crippen molar-refractivity contribution in [3.8, 4) is 0 Å². The molecule has 0 radical (unpaired) electrons. The van der Waals surface area contributed by atoms with Gasteiger partial charge in [0.05, 0.1) is 10.6 Å². The van der Waals surface area contributed by atoms with E-state index in [2.05, 4.69) is 10.3 Å². The minimum Gasteiger partial charge on any atom is -0.398 e. The molecule has 1 aromatic carbocycles. The molecule has 1 aromatic heterocycles. The number of carbonyl (C=O) groups excluding carboxylic acids is 1. The smallest absolute Gasteiger partial charge is 0.259 e. The Balaban J connectivity index is 2.31. The highest BCUT2D eigenvalue weighted by Crippen LogP contribution is 2.21. The van der Waals surface area contributed by atoms with E-state index in [1.165, 1.54) is 0 Å². The van der Waals surface area contributed by atoms with E-state index in [0.29, 0.717) is 22.1 Å². The molecule has 0 saturated carbocycles. The summed E-state index contributed by atoms with van der Waals surface area (Å²) in [4.78, 5) is 16.1. The highest BCUT2D eigenvalue weighted by molar-refractivity contribution is 6.33. The number of benzene rings is 1. The van der Waals surface area contributed by atoms with Crippen molar-refractivity contribution in [2.75, 3.05) is 11.1 Å². The van der Waals surface area contributed by atoms with Crippen LogP contribution in [0.15, 0.2) is 36.5 Å². The first-order valence-corrected chi connectivity index (χ1v) is 5.74. The Kier molecular flexibility index (Phi) is 3.48. The van der Waals surface area contributed by atoms with Crippen molar-refractivity contribution in [3.05, 3.63) is 52.7 Å². The van der Waals surface area contributed by atoms with Crippen LogP contribution in [0.2, 0.25) is 5.02 Å². The number of rotatable bonds is 2. The van der Waals surface area contributed by atoms with Crippen molar-refractivity contribution in [1.29, 1.82) is 0 Å². The number of aryl methyl sites for hydroxylation is 1. The lowest BCUT2D eigenvalue weighted by molar-refractivity contribution is 0.102. The quantitative estimate of drug-likeness (QED) is 0.817. The maximum atomic E-state index is 12.1. The highest BCUT2D eigenvalue weighted by atomic mass is 35.5. The van der Waals surface area contributed by atoms with Crippen molar-refractivity contribution in [2.24, 2.45) is 0 Å². The monoisotopic (exact) mass is 261 g/mol. The molecule has 0 aliphatic carbocycles. The van der Waals surface area contributed by atoms with Crippen LogP contribution in [0.25, 0.3) is 0 Å². The number of nitrogen functional groups attached to an aromatic ring is 1. The molecule has 0 bridgehead atoms. The Hall–Kier alpha value is -2.07. The van der Waals surface area contributed by atoms with Gasteiger partial charge in [0, 0.05) is 11.9 Å². The van der Waals surface area contributed by atoms with Crippen molar-refractivity contribution >= 4 is 29.0 Å². The van der Waals surface area contributed by atoms with E-state index in [4.69, 9.17) is 17.3 Å². The summed E-state index contributed by atoms with van der Waals surface area (Å²) in [5.74, 6) is 0.0121. The molecule has 0 spiro atoms. The summed E-state index contributed by atoms with van der Waals surface area (Å²) in [6, 6.07) is 8.66. The molecule has 92 valence electrons. The number of amides is 1. The summed E-state index contributed by atoms with van der Waals surface area (Å²) in [5, 5.41) is 3.03. The first kappa shape index (κ1) is 12.4. The molecule has 1 amide bonds. The van der Waals surface area contributed by atoms with Crippen LogP contribution in [-0.2, 0) is 0 Å². The fourth-order valence-corrected chi connectivity index (χ4v) is 1.82. The summed E-state index contributed by atoms with van der Waals surface area (Å²) in [6.07, 6.45) is 1.56. The molecular weight excluding hydrogens is 250 g/mol. The van der Waals surface area contributed by atoms with Crippen LogP contribution in [0.5, 0.6) is 0 Å². The normalized spacial score (nSPS) is 10.1. The second-order valence-electron chi connectivity index (χ2n) is 3.83. The van der Waals surface area contributed by atoms with E-state index in [-0.39, 0.29) is 5.91 Å². The zero-order chi connectivity index (χ0) is 13.1. The van der Waals surface area contributed by atoms with Crippen LogP contribution in [0.1, 0.15) is 15.9 Å². The molecule has 0 atom stereocenters. The lowest BCUT2D eigenvalue weighted by atomic mass is 10.1. The zero-order valence-corrected chi connectivity index (χ0v) is 10.5. The third-order valence-electron chi connectivity index (χ3n) is 2.52. The first-order valence-electron chi connectivity index (χ1n) is 5.36. The number of nitrogens with two attached hydrogens (primary N) is 1. The van der Waals surface area contributed by atoms with Crippen molar-refractivity contribution in [1.82, 2.24) is 4.98 Å². The van der Waals surface area contributed by atoms with Crippen molar-refractivity contribution in [3.63, 3.8) is 0 Å². The van der Waals surface area contributed by atoms with Gasteiger partial charge in [0.1, 0.15) is 0 Å². The SMILES string of the molecule is Cc1cccc(N)c1C(=O)Nc1ncccc1Cl. The standard InChI is InChI=1S/C13H12ClN3O/c1-8-4-2-6-10(15)11(8)13(18)17-12-9(14)5-3-7-16-12/h2-7H,15H2,1H3,(H,16,17,18). The molecule has 3 N–H and O–H groups in total. The molecule has 18 heavy (non-hydrogen) atoms. The number of hydrogen-bond donors (Lipinski definition) is 2. The lowest BCUT2D eigenvalue weighted by Gasteiger charge is -2.10. The van der Waals surface area contributed by atoms with Gasteiger partial charge in [-0.15, -0.1) is 0 Å². The van der Waals surface area contributed by atoms with E-state index in [9.17, 15) is 4.79 Å². The molecule has 5 heteroatoms. The van der Waals surface area contributed by atoms with Gasteiger partial charge in [-0.05, 0) is 30.7 Å². The Morgan fingerprint density at radius 3 is 2.78 bits per heavy atom. The number of carbonyl (C=O) groups is 1. The number of hydrogen-bond acceptors (Lipinski definition) is 3. The average Bonchev–Trinajstić information content (AvgIpc) is 2.32. The first-order chi connectivity index (χ1) is 8.59. The van der Waals surface area contributed by atoms with E-state index < -0.39 is 0 Å². The summed E-state index contributed by atoms with van der Waals surface area (Å²) < 4.78 is 0. The molecular formula is C13H12ClN3O. The zero-order valence-electron chi connectivity index (χ0n) is 9.77. The topological polar surface area (TPSA) is 68.0 Å². The van der Waals surface area contributed by atoms with Gasteiger partial charge in [0.2, 0.25) is 0 Å². The van der Waals surface area contributed by atoms with Crippen LogP contribution in [0.3, 0.4) is 0 Å². The van der Waals surface area contributed by atoms with E-state index >= 15 is 0 Å². The summed E-state index contributed by atoms with van der Waals surface area (Å²) in [7, 11) is 0. The second kappa shape index (κ2) is 5.06. The minimum absolute atomic E-state index is 0.314. The van der Waals surface area contributed by atoms with Gasteiger partial charge in [-0.2, -0.15) is 0 Å². The summed E-state index contributed by atoms with van der Waals surface area (Å²) in [6.45, 7) is 1.82. The van der Waals surface area contributed by atoms with Gasteiger partial charge >= 0.3 is 0 Å². The van der Waals surface area contributed by atoms with Crippen LogP contribution in [0, 0.1) is 6.92 Å². The minimum atomic E-state index is -0.314. The number of pyridine rings is 1. The predicted octanol–water partition coefficient (Wildman–Crippen LogP) is 2.88. The van der Waals surface area contributed by atoms with Gasteiger partial charge < -0.3 is 11.1 Å². The Morgan fingerprint density at radius 2 is 2.11 bits per heavy atom. The Bertz CT molecular complexity index is 578. The number of nitrogens with one attached hydrogen (secondary N) is 1. The van der Waals surface area contributed by atoms with Gasteiger partial charge in [-0.1, -0.05) is 23.7 Å². The second-order valence-corrected chi connectivity index (χ2v) is 4.23. The van der Waals surface area contributed by atoms with Gasteiger partial charge in [-0.3, -0.25) is 4.79 Å². The number of halogens is 1. The van der Waals surface area contributed by atoms with Crippen molar-refractivity contribution in [2.45, 2.75) is 6.92 Å². The van der Waals surface area contributed by atoms with Gasteiger partial charge in [-0.25, -0.2) is 4.98 Å². The molecule has 0 aliphatic rings. The average molecular weight is 262 g/mol. The van der Waals surface area contributed by atoms with Crippen LogP contribution < -0.4 is 11.1 Å². The third-order valence-corrected chi connectivity index (χ3v) is 2.83. The van der Waals surface area contributed by atoms with Crippen molar-refractivity contribution < 1.29 is 4.79 Å². The van der Waals surface area contributed by atoms with Gasteiger partial charge in [0.15, 0.2) is 5.82 Å². The molecule has 0 aliphatic heterocycles. The Morgan fingerprint density at radius 1 is 1.33 bits per heavy atom. The molecule has 0 saturated heterocycles. The van der Waals surface area contributed by atoms with Crippen LogP contribution in [0.4, 0.5) is 11.5 Å². The molecule has 2 rings (SSSR count). The number of anilines is 2. The largest absolute Gasteiger partial charge is 0.398 e. The molecule has 4 nitrogen and oxygen atoms in total. The van der Waals surface area contributed by atoms with E-state index in [1.807, 2.05) is 13.0 Å². The summed E-state index contributed by atoms with van der Waals surface area (Å²) >= 11 is 5.93. The number of aromatic nitrogens is 1. The number of nitrogens with zero attached hydrogens (tertiary/aromatic N) is 1. The molecule has 2 aromatic rings. The predicted molar refractivity (Wildman–Crippen MR) is 72.8 cm³/mol. The molecule has 0 unspecified atom stereocenters. The maximum absolute atomic E-state index is 12.1. The van der Waals surface area contributed by atoms with Crippen LogP contribution in [-0.4, -0.2) is 10.9 Å². The maximum Gasteiger partial charge on any atom is 0.259 e. The van der Waals surface area contributed by atoms with Crippen LogP contribution >= 0.6 is 11.6 Å². The van der Waals surface area contributed by atoms with E-state index in [1.54, 1.807) is 30.5 Å². The fourth-order valence-electron chi connectivity index (χ4n) is 1.65. The lowest BCUT2D eigenvalue weighted by Crippen LogP contribution is -2.16. The van der Waals surface area contributed by atoms with Gasteiger partial charge in [0.25, 0.3) is 5.91 Å². The summed E-state index contributed by atoms with van der Waals surface area (Å²) in [5.41, 5.74) is 7.48. The Labute approximate surface area is 110 Å². The van der Waals surface area contributed by atoms with E-state index in [0.717, 1.165) is 5.56 Å². The molecule has 0 fully saturated rings. The third kappa shape index (κ3) is 2.43. The highest BCUT2D eigenvalue weighted by Gasteiger charge is 2.14. The molecule has 1 heterocycles.